The van der Waals surface area contributed by atoms with E-state index in [0.29, 0.717) is 0 Å². The number of carbonyl (C=O) groups is 1. The molecule has 1 amide bonds. The number of halogens is 5. The molecular weight excluding hydrogens is 351 g/mol. The van der Waals surface area contributed by atoms with E-state index in [9.17, 15) is 26.7 Å². The average molecular weight is 364 g/mol. The van der Waals surface area contributed by atoms with Crippen LogP contribution in [-0.4, -0.2) is 43.8 Å². The van der Waals surface area contributed by atoms with Crippen molar-refractivity contribution in [2.24, 2.45) is 0 Å². The number of nitrogens with zero attached hydrogens (tertiary/aromatic N) is 2. The van der Waals surface area contributed by atoms with E-state index in [1.165, 1.54) is 31.4 Å². The first-order valence-electron chi connectivity index (χ1n) is 6.70. The van der Waals surface area contributed by atoms with Crippen LogP contribution in [0.2, 0.25) is 0 Å². The first-order chi connectivity index (χ1) is 11.7. The van der Waals surface area contributed by atoms with Crippen molar-refractivity contribution in [3.05, 3.63) is 29.8 Å². The molecule has 1 aromatic carbocycles. The van der Waals surface area contributed by atoms with Gasteiger partial charge in [-0.1, -0.05) is 12.1 Å². The largest absolute Gasteiger partial charge is 0.493 e. The van der Waals surface area contributed by atoms with Crippen LogP contribution < -0.4 is 9.47 Å². The van der Waals surface area contributed by atoms with Crippen LogP contribution >= 0.6 is 0 Å². The molecule has 0 heterocycles. The van der Waals surface area contributed by atoms with E-state index in [4.69, 9.17) is 10.00 Å². The van der Waals surface area contributed by atoms with Crippen LogP contribution in [0.5, 0.6) is 11.5 Å². The van der Waals surface area contributed by atoms with E-state index in [2.05, 4.69) is 4.74 Å². The Labute approximate surface area is 139 Å². The molecule has 0 N–H and O–H groups in total. The standard InChI is InChI=1S/C15H13F5N2O3/c1-24-11-4-2-3-10(13(11)25-14(16)17)5-6-12(23)22(8-7-21)9-15(18,19)20/h2-6,14H,8-9H2,1H3/b6-5+. The molecule has 0 aromatic heterocycles. The molecule has 0 unspecified atom stereocenters. The fraction of sp³-hybridized carbons (Fsp3) is 0.333. The van der Waals surface area contributed by atoms with Crippen LogP contribution in [-0.2, 0) is 4.79 Å². The van der Waals surface area contributed by atoms with Gasteiger partial charge in [-0.3, -0.25) is 4.79 Å². The van der Waals surface area contributed by atoms with Crippen LogP contribution in [0.1, 0.15) is 5.56 Å². The van der Waals surface area contributed by atoms with Crippen LogP contribution in [0.15, 0.2) is 24.3 Å². The van der Waals surface area contributed by atoms with E-state index >= 15 is 0 Å². The van der Waals surface area contributed by atoms with Crippen LogP contribution in [0.4, 0.5) is 22.0 Å². The number of benzene rings is 1. The highest BCUT2D eigenvalue weighted by Crippen LogP contribution is 2.33. The second-order valence-electron chi connectivity index (χ2n) is 4.56. The fourth-order valence-corrected chi connectivity index (χ4v) is 1.82. The smallest absolute Gasteiger partial charge is 0.406 e. The zero-order chi connectivity index (χ0) is 19.0. The molecule has 136 valence electrons. The molecule has 1 aromatic rings. The second kappa shape index (κ2) is 8.86. The maximum Gasteiger partial charge on any atom is 0.406 e. The van der Waals surface area contributed by atoms with Crippen LogP contribution in [0, 0.1) is 11.3 Å². The third-order valence-corrected chi connectivity index (χ3v) is 2.79. The molecule has 0 saturated carbocycles. The zero-order valence-electron chi connectivity index (χ0n) is 12.9. The molecule has 0 atom stereocenters. The van der Waals surface area contributed by atoms with Gasteiger partial charge in [0.05, 0.1) is 13.2 Å². The molecule has 0 saturated heterocycles. The lowest BCUT2D eigenvalue weighted by Crippen LogP contribution is -2.38. The minimum absolute atomic E-state index is 0.00286. The summed E-state index contributed by atoms with van der Waals surface area (Å²) in [6.07, 6.45) is -2.94. The average Bonchev–Trinajstić information content (AvgIpc) is 2.51. The normalized spacial score (nSPS) is 11.4. The summed E-state index contributed by atoms with van der Waals surface area (Å²) < 4.78 is 71.4. The highest BCUT2D eigenvalue weighted by molar-refractivity contribution is 5.92. The van der Waals surface area contributed by atoms with Crippen molar-refractivity contribution >= 4 is 12.0 Å². The van der Waals surface area contributed by atoms with Gasteiger partial charge < -0.3 is 14.4 Å². The van der Waals surface area contributed by atoms with E-state index in [1.54, 1.807) is 0 Å². The Bertz CT molecular complexity index is 668. The summed E-state index contributed by atoms with van der Waals surface area (Å²) in [5.41, 5.74) is -0.00286. The summed E-state index contributed by atoms with van der Waals surface area (Å²) in [6, 6.07) is 5.52. The Kier molecular flexibility index (Phi) is 7.17. The molecule has 0 spiro atoms. The number of para-hydroxylation sites is 1. The molecule has 10 heteroatoms. The second-order valence-corrected chi connectivity index (χ2v) is 4.56. The number of hydrogen-bond acceptors (Lipinski definition) is 4. The van der Waals surface area contributed by atoms with Crippen molar-refractivity contribution < 1.29 is 36.2 Å². The van der Waals surface area contributed by atoms with Crippen LogP contribution in [0.25, 0.3) is 6.08 Å². The summed E-state index contributed by atoms with van der Waals surface area (Å²) in [4.78, 5) is 12.1. The molecule has 0 radical (unpaired) electrons. The molecule has 1 rings (SSSR count). The van der Waals surface area contributed by atoms with Crippen molar-refractivity contribution in [3.8, 4) is 17.6 Å². The number of amides is 1. The maximum atomic E-state index is 12.5. The van der Waals surface area contributed by atoms with Gasteiger partial charge in [0.15, 0.2) is 11.5 Å². The van der Waals surface area contributed by atoms with Crippen molar-refractivity contribution in [2.45, 2.75) is 12.8 Å². The monoisotopic (exact) mass is 364 g/mol. The van der Waals surface area contributed by atoms with E-state index in [0.717, 1.165) is 12.2 Å². The first kappa shape index (κ1) is 20.2. The summed E-state index contributed by atoms with van der Waals surface area (Å²) in [7, 11) is 1.21. The molecule has 0 fully saturated rings. The third-order valence-electron chi connectivity index (χ3n) is 2.79. The molecule has 25 heavy (non-hydrogen) atoms. The summed E-state index contributed by atoms with van der Waals surface area (Å²) in [6.45, 7) is -5.55. The topological polar surface area (TPSA) is 62.6 Å². The van der Waals surface area contributed by atoms with Crippen molar-refractivity contribution in [3.63, 3.8) is 0 Å². The Morgan fingerprint density at radius 1 is 1.40 bits per heavy atom. The van der Waals surface area contributed by atoms with E-state index in [1.807, 2.05) is 0 Å². The summed E-state index contributed by atoms with van der Waals surface area (Å²) >= 11 is 0. The number of nitriles is 1. The highest BCUT2D eigenvalue weighted by atomic mass is 19.4. The number of ether oxygens (including phenoxy) is 2. The SMILES string of the molecule is COc1cccc(/C=C/C(=O)N(CC#N)CC(F)(F)F)c1OC(F)F. The predicted molar refractivity (Wildman–Crippen MR) is 76.9 cm³/mol. The van der Waals surface area contributed by atoms with Gasteiger partial charge in [0.25, 0.3) is 0 Å². The molecule has 0 aliphatic heterocycles. The Morgan fingerprint density at radius 2 is 2.08 bits per heavy atom. The lowest BCUT2D eigenvalue weighted by molar-refractivity contribution is -0.156. The predicted octanol–water partition coefficient (Wildman–Crippen LogP) is 3.22. The fourth-order valence-electron chi connectivity index (χ4n) is 1.82. The highest BCUT2D eigenvalue weighted by Gasteiger charge is 2.32. The van der Waals surface area contributed by atoms with Gasteiger partial charge in [0.2, 0.25) is 5.91 Å². The minimum Gasteiger partial charge on any atom is -0.493 e. The molecule has 5 nitrogen and oxygen atoms in total. The van der Waals surface area contributed by atoms with E-state index in [-0.39, 0.29) is 22.0 Å². The summed E-state index contributed by atoms with van der Waals surface area (Å²) in [5, 5.41) is 8.52. The zero-order valence-corrected chi connectivity index (χ0v) is 12.9. The van der Waals surface area contributed by atoms with Gasteiger partial charge in [-0.05, 0) is 12.1 Å². The number of carbonyl (C=O) groups excluding carboxylic acids is 1. The number of hydrogen-bond donors (Lipinski definition) is 0. The van der Waals surface area contributed by atoms with Gasteiger partial charge in [-0.25, -0.2) is 0 Å². The van der Waals surface area contributed by atoms with E-state index < -0.39 is 31.8 Å². The van der Waals surface area contributed by atoms with Gasteiger partial charge in [-0.15, -0.1) is 0 Å². The quantitative estimate of drug-likeness (QED) is 0.423. The number of methoxy groups -OCH3 is 1. The molecule has 0 aliphatic carbocycles. The number of rotatable bonds is 7. The van der Waals surface area contributed by atoms with Gasteiger partial charge in [0.1, 0.15) is 13.1 Å². The van der Waals surface area contributed by atoms with Crippen LogP contribution in [0.3, 0.4) is 0 Å². The number of alkyl halides is 5. The third kappa shape index (κ3) is 6.66. The van der Waals surface area contributed by atoms with Gasteiger partial charge in [-0.2, -0.15) is 27.2 Å². The lowest BCUT2D eigenvalue weighted by atomic mass is 10.1. The Balaban J connectivity index is 3.06. The Hall–Kier alpha value is -2.83. The van der Waals surface area contributed by atoms with Crippen molar-refractivity contribution in [2.75, 3.05) is 20.2 Å². The first-order valence-corrected chi connectivity index (χ1v) is 6.70. The maximum absolute atomic E-state index is 12.5. The van der Waals surface area contributed by atoms with Gasteiger partial charge in [0, 0.05) is 11.6 Å². The van der Waals surface area contributed by atoms with Crippen molar-refractivity contribution in [1.82, 2.24) is 4.90 Å². The molecule has 0 aliphatic rings. The van der Waals surface area contributed by atoms with Crippen molar-refractivity contribution in [1.29, 1.82) is 5.26 Å². The Morgan fingerprint density at radius 3 is 2.60 bits per heavy atom. The molecule has 0 bridgehead atoms. The molecular formula is C15H13F5N2O3. The lowest BCUT2D eigenvalue weighted by Gasteiger charge is -2.19. The minimum atomic E-state index is -4.68. The summed E-state index contributed by atoms with van der Waals surface area (Å²) in [5.74, 6) is -1.52. The van der Waals surface area contributed by atoms with Gasteiger partial charge >= 0.3 is 12.8 Å².